The van der Waals surface area contributed by atoms with Gasteiger partial charge in [0, 0.05) is 25.0 Å². The third-order valence-electron chi connectivity index (χ3n) is 7.35. The molecule has 1 heterocycles. The summed E-state index contributed by atoms with van der Waals surface area (Å²) in [6.07, 6.45) is 4.35. The van der Waals surface area contributed by atoms with Crippen molar-refractivity contribution in [1.82, 2.24) is 9.62 Å². The van der Waals surface area contributed by atoms with Gasteiger partial charge in [-0.15, -0.1) is 4.72 Å². The standard InChI is InChI=1S/C29H40N2O4S/c1-28(2,3)36(33)30-29(19-17-22-15-16-22,24-13-9-6-10-14-24)26-25(34-4)18-20-31(26)27(32)35-21-23-11-7-5-8-12-23/h5-14,22,25-26,30H,15-21H2,1-4H3. The van der Waals surface area contributed by atoms with Gasteiger partial charge in [0.15, 0.2) is 0 Å². The highest BCUT2D eigenvalue weighted by Crippen LogP contribution is 2.45. The van der Waals surface area contributed by atoms with Crippen LogP contribution in [-0.4, -0.2) is 46.1 Å². The third kappa shape index (κ3) is 6.25. The van der Waals surface area contributed by atoms with Gasteiger partial charge in [-0.3, -0.25) is 0 Å². The molecule has 1 saturated heterocycles. The Balaban J connectivity index is 1.71. The fourth-order valence-corrected chi connectivity index (χ4v) is 6.10. The van der Waals surface area contributed by atoms with Gasteiger partial charge in [-0.05, 0) is 57.1 Å². The van der Waals surface area contributed by atoms with Crippen LogP contribution in [0.4, 0.5) is 4.79 Å². The summed E-state index contributed by atoms with van der Waals surface area (Å²) < 4.78 is 28.6. The molecule has 1 saturated carbocycles. The van der Waals surface area contributed by atoms with E-state index in [1.54, 1.807) is 7.11 Å². The molecule has 4 unspecified atom stereocenters. The predicted molar refractivity (Wildman–Crippen MR) is 144 cm³/mol. The summed E-state index contributed by atoms with van der Waals surface area (Å²) in [4.78, 5) is 15.4. The average Bonchev–Trinajstić information content (AvgIpc) is 3.61. The van der Waals surface area contributed by atoms with Gasteiger partial charge in [-0.1, -0.05) is 73.5 Å². The Labute approximate surface area is 219 Å². The number of hydrogen-bond donors (Lipinski definition) is 1. The average molecular weight is 513 g/mol. The van der Waals surface area contributed by atoms with Crippen LogP contribution >= 0.6 is 0 Å². The highest BCUT2D eigenvalue weighted by molar-refractivity contribution is 7.90. The molecule has 7 heteroatoms. The van der Waals surface area contributed by atoms with Crippen molar-refractivity contribution in [2.45, 2.75) is 81.9 Å². The Bertz CT molecular complexity index is 980. The van der Waals surface area contributed by atoms with Crippen molar-refractivity contribution < 1.29 is 18.8 Å². The van der Waals surface area contributed by atoms with Gasteiger partial charge in [0.1, 0.15) is 16.9 Å². The van der Waals surface area contributed by atoms with E-state index in [0.29, 0.717) is 18.9 Å². The molecule has 36 heavy (non-hydrogen) atoms. The molecule has 1 aliphatic heterocycles. The maximum atomic E-state index is 13.7. The van der Waals surface area contributed by atoms with Gasteiger partial charge < -0.3 is 18.9 Å². The fraction of sp³-hybridized carbons (Fsp3) is 0.552. The quantitative estimate of drug-likeness (QED) is 0.423. The van der Waals surface area contributed by atoms with Crippen LogP contribution in [0, 0.1) is 5.92 Å². The van der Waals surface area contributed by atoms with Crippen LogP contribution in [0.3, 0.4) is 0 Å². The molecular formula is C29H40N2O4S. The second kappa shape index (κ2) is 11.5. The van der Waals surface area contributed by atoms with Gasteiger partial charge in [0.2, 0.25) is 0 Å². The van der Waals surface area contributed by atoms with Gasteiger partial charge >= 0.3 is 6.09 Å². The zero-order valence-electron chi connectivity index (χ0n) is 21.9. The van der Waals surface area contributed by atoms with E-state index in [4.69, 9.17) is 9.47 Å². The van der Waals surface area contributed by atoms with Gasteiger partial charge in [-0.2, -0.15) is 0 Å². The summed E-state index contributed by atoms with van der Waals surface area (Å²) in [5.41, 5.74) is 1.23. The van der Waals surface area contributed by atoms with Crippen LogP contribution in [0.5, 0.6) is 0 Å². The highest BCUT2D eigenvalue weighted by Gasteiger charge is 2.56. The second-order valence-electron chi connectivity index (χ2n) is 11.0. The minimum atomic E-state index is -1.36. The van der Waals surface area contributed by atoms with E-state index in [9.17, 15) is 9.35 Å². The van der Waals surface area contributed by atoms with Crippen molar-refractivity contribution in [3.63, 3.8) is 0 Å². The third-order valence-corrected chi connectivity index (χ3v) is 9.02. The van der Waals surface area contributed by atoms with Crippen molar-refractivity contribution in [1.29, 1.82) is 0 Å². The number of likely N-dealkylation sites (tertiary alicyclic amines) is 1. The van der Waals surface area contributed by atoms with E-state index in [-0.39, 0.29) is 24.8 Å². The first-order valence-electron chi connectivity index (χ1n) is 13.0. The molecule has 0 spiro atoms. The van der Waals surface area contributed by atoms with Crippen molar-refractivity contribution in [3.05, 3.63) is 71.8 Å². The molecule has 1 aliphatic carbocycles. The number of ether oxygens (including phenoxy) is 2. The zero-order chi connectivity index (χ0) is 25.8. The number of benzene rings is 2. The lowest BCUT2D eigenvalue weighted by Gasteiger charge is -2.46. The largest absolute Gasteiger partial charge is 0.598 e. The summed E-state index contributed by atoms with van der Waals surface area (Å²) in [6, 6.07) is 19.5. The molecule has 6 nitrogen and oxygen atoms in total. The van der Waals surface area contributed by atoms with Crippen LogP contribution in [0.25, 0.3) is 0 Å². The number of nitrogens with one attached hydrogen (secondary N) is 1. The number of hydrogen-bond acceptors (Lipinski definition) is 5. The highest BCUT2D eigenvalue weighted by atomic mass is 32.2. The molecule has 1 amide bonds. The summed E-state index contributed by atoms with van der Waals surface area (Å²) in [5.74, 6) is 0.679. The second-order valence-corrected chi connectivity index (χ2v) is 13.0. The number of carbonyl (C=O) groups excluding carboxylic acids is 1. The van der Waals surface area contributed by atoms with Crippen LogP contribution in [0.15, 0.2) is 60.7 Å². The van der Waals surface area contributed by atoms with Crippen molar-refractivity contribution in [2.24, 2.45) is 5.92 Å². The lowest BCUT2D eigenvalue weighted by molar-refractivity contribution is 0.0107. The first-order valence-corrected chi connectivity index (χ1v) is 14.1. The molecule has 2 aliphatic rings. The van der Waals surface area contributed by atoms with Gasteiger partial charge in [0.05, 0.1) is 12.1 Å². The van der Waals surface area contributed by atoms with Crippen molar-refractivity contribution in [2.75, 3.05) is 13.7 Å². The number of methoxy groups -OCH3 is 1. The van der Waals surface area contributed by atoms with Crippen molar-refractivity contribution >= 4 is 17.5 Å². The first-order chi connectivity index (χ1) is 17.2. The van der Waals surface area contributed by atoms with Gasteiger partial charge in [0.25, 0.3) is 0 Å². The Morgan fingerprint density at radius 2 is 1.69 bits per heavy atom. The molecule has 2 fully saturated rings. The molecule has 0 radical (unpaired) electrons. The van der Waals surface area contributed by atoms with Crippen LogP contribution in [0.2, 0.25) is 0 Å². The van der Waals surface area contributed by atoms with E-state index in [0.717, 1.165) is 24.0 Å². The molecule has 4 rings (SSSR count). The number of amides is 1. The number of rotatable bonds is 10. The molecule has 1 N–H and O–H groups in total. The molecule has 4 atom stereocenters. The predicted octanol–water partition coefficient (Wildman–Crippen LogP) is 5.55. The first kappa shape index (κ1) is 27.0. The zero-order valence-corrected chi connectivity index (χ0v) is 22.8. The molecular weight excluding hydrogens is 472 g/mol. The SMILES string of the molecule is COC1CCN(C(=O)OCc2ccccc2)C1C(CCC1CC1)(N[S+]([O-])C(C)(C)C)c1ccccc1. The Kier molecular flexibility index (Phi) is 8.66. The smallest absolute Gasteiger partial charge is 0.410 e. The van der Waals surface area contributed by atoms with Crippen LogP contribution in [0.1, 0.15) is 64.0 Å². The van der Waals surface area contributed by atoms with E-state index >= 15 is 0 Å². The van der Waals surface area contributed by atoms with Crippen LogP contribution < -0.4 is 4.72 Å². The Morgan fingerprint density at radius 1 is 1.06 bits per heavy atom. The molecule has 0 aromatic heterocycles. The number of carbonyl (C=O) groups is 1. The van der Waals surface area contributed by atoms with Crippen molar-refractivity contribution in [3.8, 4) is 0 Å². The fourth-order valence-electron chi connectivity index (χ4n) is 5.13. The summed E-state index contributed by atoms with van der Waals surface area (Å²) in [5, 5.41) is 0. The molecule has 0 bridgehead atoms. The van der Waals surface area contributed by atoms with E-state index < -0.39 is 21.6 Å². The Hall–Kier alpha value is -2.06. The maximum absolute atomic E-state index is 13.7. The summed E-state index contributed by atoms with van der Waals surface area (Å²) >= 11 is -1.36. The lowest BCUT2D eigenvalue weighted by atomic mass is 9.77. The monoisotopic (exact) mass is 512 g/mol. The minimum Gasteiger partial charge on any atom is -0.598 e. The maximum Gasteiger partial charge on any atom is 0.410 e. The van der Waals surface area contributed by atoms with E-state index in [1.807, 2.05) is 74.2 Å². The molecule has 2 aromatic rings. The normalized spacial score (nSPS) is 22.8. The topological polar surface area (TPSA) is 73.9 Å². The van der Waals surface area contributed by atoms with E-state index in [2.05, 4.69) is 16.9 Å². The number of nitrogens with zero attached hydrogens (tertiary/aromatic N) is 1. The summed E-state index contributed by atoms with van der Waals surface area (Å²) in [6.45, 7) is 6.66. The lowest BCUT2D eigenvalue weighted by Crippen LogP contribution is -2.64. The van der Waals surface area contributed by atoms with E-state index in [1.165, 1.54) is 12.8 Å². The summed E-state index contributed by atoms with van der Waals surface area (Å²) in [7, 11) is 1.70. The van der Waals surface area contributed by atoms with Crippen LogP contribution in [-0.2, 0) is 33.0 Å². The molecule has 2 aromatic carbocycles. The van der Waals surface area contributed by atoms with Gasteiger partial charge in [-0.25, -0.2) is 4.79 Å². The minimum absolute atomic E-state index is 0.210. The Morgan fingerprint density at radius 3 is 2.28 bits per heavy atom. The molecule has 196 valence electrons.